The Kier molecular flexibility index (Phi) is 5.91. The van der Waals surface area contributed by atoms with E-state index in [1.54, 1.807) is 22.7 Å². The molecule has 0 bridgehead atoms. The number of nitrogens with zero attached hydrogens (tertiary/aromatic N) is 1. The molecule has 0 fully saturated rings. The van der Waals surface area contributed by atoms with E-state index in [-0.39, 0.29) is 18.6 Å². The normalized spacial score (nSPS) is 15.4. The first-order valence-electron chi connectivity index (χ1n) is 9.88. The zero-order valence-corrected chi connectivity index (χ0v) is 17.8. The van der Waals surface area contributed by atoms with E-state index in [0.29, 0.717) is 5.56 Å². The van der Waals surface area contributed by atoms with Gasteiger partial charge in [0.15, 0.2) is 6.61 Å². The fourth-order valence-electron chi connectivity index (χ4n) is 3.74. The summed E-state index contributed by atoms with van der Waals surface area (Å²) in [6.07, 6.45) is 0. The Balaban J connectivity index is 1.57. The van der Waals surface area contributed by atoms with Gasteiger partial charge in [0.2, 0.25) is 0 Å². The second kappa shape index (κ2) is 8.76. The molecule has 0 radical (unpaired) electrons. The molecule has 1 aliphatic heterocycles. The average Bonchev–Trinajstić information content (AvgIpc) is 2.77. The molecule has 1 amide bonds. The molecular weight excluding hydrogens is 394 g/mol. The van der Waals surface area contributed by atoms with Crippen LogP contribution in [-0.2, 0) is 9.53 Å². The third-order valence-electron chi connectivity index (χ3n) is 5.21. The first-order chi connectivity index (χ1) is 14.5. The van der Waals surface area contributed by atoms with Gasteiger partial charge in [0.05, 0.1) is 17.3 Å². The molecule has 30 heavy (non-hydrogen) atoms. The molecule has 0 aliphatic carbocycles. The Labute approximate surface area is 180 Å². The van der Waals surface area contributed by atoms with Crippen molar-refractivity contribution < 1.29 is 14.3 Å². The van der Waals surface area contributed by atoms with Gasteiger partial charge in [0.1, 0.15) is 0 Å². The highest BCUT2D eigenvalue weighted by atomic mass is 32.2. The van der Waals surface area contributed by atoms with E-state index in [1.807, 2.05) is 80.6 Å². The number of anilines is 1. The molecule has 0 saturated heterocycles. The second-order valence-corrected chi connectivity index (χ2v) is 8.43. The van der Waals surface area contributed by atoms with Gasteiger partial charge in [0.25, 0.3) is 5.91 Å². The molecule has 152 valence electrons. The summed E-state index contributed by atoms with van der Waals surface area (Å²) in [7, 11) is 0. The minimum Gasteiger partial charge on any atom is -0.452 e. The zero-order chi connectivity index (χ0) is 21.1. The molecule has 4 nitrogen and oxygen atoms in total. The third kappa shape index (κ3) is 4.12. The molecule has 5 heteroatoms. The number of rotatable bonds is 4. The highest BCUT2D eigenvalue weighted by Gasteiger charge is 2.33. The van der Waals surface area contributed by atoms with Gasteiger partial charge in [-0.05, 0) is 43.2 Å². The van der Waals surface area contributed by atoms with E-state index < -0.39 is 5.97 Å². The fourth-order valence-corrected chi connectivity index (χ4v) is 4.90. The van der Waals surface area contributed by atoms with Gasteiger partial charge in [-0.1, -0.05) is 60.2 Å². The van der Waals surface area contributed by atoms with E-state index >= 15 is 0 Å². The van der Waals surface area contributed by atoms with Crippen LogP contribution in [0.25, 0.3) is 0 Å². The van der Waals surface area contributed by atoms with Gasteiger partial charge in [0, 0.05) is 10.6 Å². The van der Waals surface area contributed by atoms with Crippen LogP contribution in [0.3, 0.4) is 0 Å². The SMILES string of the molecule is Cc1ccc(C(=O)OCC(=O)N2c3ccccc3SC[C@@H]2c2ccccc2)c(C)c1. The maximum atomic E-state index is 13.3. The second-order valence-electron chi connectivity index (χ2n) is 7.36. The molecule has 3 aromatic rings. The molecular formula is C25H23NO3S. The lowest BCUT2D eigenvalue weighted by atomic mass is 10.1. The van der Waals surface area contributed by atoms with Crippen molar-refractivity contribution in [2.45, 2.75) is 24.8 Å². The van der Waals surface area contributed by atoms with E-state index in [9.17, 15) is 9.59 Å². The smallest absolute Gasteiger partial charge is 0.338 e. The van der Waals surface area contributed by atoms with Gasteiger partial charge in [-0.2, -0.15) is 0 Å². The van der Waals surface area contributed by atoms with Crippen LogP contribution in [0.15, 0.2) is 77.7 Å². The topological polar surface area (TPSA) is 46.6 Å². The molecule has 0 spiro atoms. The Bertz CT molecular complexity index is 1080. The summed E-state index contributed by atoms with van der Waals surface area (Å²) in [6, 6.07) is 23.3. The van der Waals surface area contributed by atoms with Gasteiger partial charge < -0.3 is 4.74 Å². The van der Waals surface area contributed by atoms with Crippen molar-refractivity contribution in [1.29, 1.82) is 0 Å². The number of fused-ring (bicyclic) bond motifs is 1. The Morgan fingerprint density at radius 3 is 2.50 bits per heavy atom. The molecule has 0 saturated carbocycles. The van der Waals surface area contributed by atoms with Gasteiger partial charge >= 0.3 is 5.97 Å². The lowest BCUT2D eigenvalue weighted by molar-refractivity contribution is -0.122. The molecule has 4 rings (SSSR count). The van der Waals surface area contributed by atoms with E-state index in [0.717, 1.165) is 33.0 Å². The first kappa shape index (κ1) is 20.2. The maximum Gasteiger partial charge on any atom is 0.338 e. The summed E-state index contributed by atoms with van der Waals surface area (Å²) < 4.78 is 5.43. The standard InChI is InChI=1S/C25H23NO3S/c1-17-12-13-20(18(2)14-17)25(28)29-15-24(27)26-21-10-6-7-11-23(21)30-16-22(26)19-8-4-3-5-9-19/h3-14,22H,15-16H2,1-2H3/t22-/m1/s1. The number of carbonyl (C=O) groups excluding carboxylic acids is 2. The fraction of sp³-hybridized carbons (Fsp3) is 0.200. The quantitative estimate of drug-likeness (QED) is 0.538. The average molecular weight is 418 g/mol. The van der Waals surface area contributed by atoms with Gasteiger partial charge in [-0.25, -0.2) is 4.79 Å². The highest BCUT2D eigenvalue weighted by Crippen LogP contribution is 2.43. The number of hydrogen-bond donors (Lipinski definition) is 0. The third-order valence-corrected chi connectivity index (χ3v) is 6.35. The van der Waals surface area contributed by atoms with Crippen molar-refractivity contribution in [3.8, 4) is 0 Å². The molecule has 1 atom stereocenters. The zero-order valence-electron chi connectivity index (χ0n) is 17.0. The van der Waals surface area contributed by atoms with Crippen LogP contribution in [0, 0.1) is 13.8 Å². The van der Waals surface area contributed by atoms with Crippen LogP contribution in [0.4, 0.5) is 5.69 Å². The number of esters is 1. The summed E-state index contributed by atoms with van der Waals surface area (Å²) >= 11 is 1.74. The molecule has 3 aromatic carbocycles. The predicted octanol–water partition coefficient (Wildman–Crippen LogP) is 5.34. The van der Waals surface area contributed by atoms with Crippen molar-refractivity contribution >= 4 is 29.3 Å². The number of benzene rings is 3. The summed E-state index contributed by atoms with van der Waals surface area (Å²) in [5.41, 5.74) is 4.33. The van der Waals surface area contributed by atoms with Crippen LogP contribution in [-0.4, -0.2) is 24.2 Å². The van der Waals surface area contributed by atoms with Crippen LogP contribution in [0.2, 0.25) is 0 Å². The maximum absolute atomic E-state index is 13.3. The van der Waals surface area contributed by atoms with E-state index in [4.69, 9.17) is 4.74 Å². The highest BCUT2D eigenvalue weighted by molar-refractivity contribution is 7.99. The summed E-state index contributed by atoms with van der Waals surface area (Å²) in [5, 5.41) is 0. The number of aryl methyl sites for hydroxylation is 2. The van der Waals surface area contributed by atoms with Crippen LogP contribution < -0.4 is 4.90 Å². The monoisotopic (exact) mass is 417 g/mol. The van der Waals surface area contributed by atoms with Crippen LogP contribution in [0.5, 0.6) is 0 Å². The van der Waals surface area contributed by atoms with Gasteiger partial charge in [-0.3, -0.25) is 9.69 Å². The Morgan fingerprint density at radius 1 is 1.00 bits per heavy atom. The molecule has 0 aromatic heterocycles. The number of ether oxygens (including phenoxy) is 1. The number of para-hydroxylation sites is 1. The molecule has 0 N–H and O–H groups in total. The van der Waals surface area contributed by atoms with Crippen LogP contribution in [0.1, 0.15) is 33.1 Å². The molecule has 1 heterocycles. The lowest BCUT2D eigenvalue weighted by Crippen LogP contribution is -2.41. The number of thioether (sulfide) groups is 1. The van der Waals surface area contributed by atoms with Crippen molar-refractivity contribution in [3.05, 3.63) is 95.1 Å². The minimum absolute atomic E-state index is 0.113. The number of carbonyl (C=O) groups is 2. The Morgan fingerprint density at radius 2 is 1.73 bits per heavy atom. The molecule has 1 aliphatic rings. The lowest BCUT2D eigenvalue weighted by Gasteiger charge is -2.37. The number of amides is 1. The molecule has 0 unspecified atom stereocenters. The first-order valence-corrected chi connectivity index (χ1v) is 10.9. The van der Waals surface area contributed by atoms with Crippen LogP contribution >= 0.6 is 11.8 Å². The van der Waals surface area contributed by atoms with Crippen molar-refractivity contribution in [1.82, 2.24) is 0 Å². The van der Waals surface area contributed by atoms with Crippen molar-refractivity contribution in [2.24, 2.45) is 0 Å². The van der Waals surface area contributed by atoms with Gasteiger partial charge in [-0.15, -0.1) is 11.8 Å². The summed E-state index contributed by atoms with van der Waals surface area (Å²) in [4.78, 5) is 28.7. The van der Waals surface area contributed by atoms with E-state index in [2.05, 4.69) is 0 Å². The minimum atomic E-state index is -0.475. The van der Waals surface area contributed by atoms with E-state index in [1.165, 1.54) is 0 Å². The summed E-state index contributed by atoms with van der Waals surface area (Å²) in [5.74, 6) is 0.0455. The summed E-state index contributed by atoms with van der Waals surface area (Å²) in [6.45, 7) is 3.55. The number of hydrogen-bond acceptors (Lipinski definition) is 4. The Hall–Kier alpha value is -3.05. The largest absolute Gasteiger partial charge is 0.452 e. The van der Waals surface area contributed by atoms with Crippen molar-refractivity contribution in [3.63, 3.8) is 0 Å². The predicted molar refractivity (Wildman–Crippen MR) is 120 cm³/mol. The van der Waals surface area contributed by atoms with Crippen molar-refractivity contribution in [2.75, 3.05) is 17.3 Å².